The van der Waals surface area contributed by atoms with Crippen LogP contribution in [0, 0.1) is 0 Å². The van der Waals surface area contributed by atoms with Gasteiger partial charge >= 0.3 is 0 Å². The van der Waals surface area contributed by atoms with Gasteiger partial charge in [0.1, 0.15) is 5.75 Å². The third kappa shape index (κ3) is 8.14. The first-order chi connectivity index (χ1) is 9.55. The number of nitrogens with one attached hydrogen (secondary N) is 2. The molecule has 120 valence electrons. The third-order valence-corrected chi connectivity index (χ3v) is 2.97. The SMILES string of the molecule is CCC(C)NC(=NC)NCc1ccc(OC(C)C)cc1.I. The summed E-state index contributed by atoms with van der Waals surface area (Å²) in [4.78, 5) is 4.22. The molecule has 0 spiro atoms. The molecule has 0 aliphatic heterocycles. The molecule has 1 unspecified atom stereocenters. The van der Waals surface area contributed by atoms with Crippen LogP contribution in [-0.2, 0) is 6.54 Å². The molecular formula is C16H28IN3O. The Hall–Kier alpha value is -0.980. The summed E-state index contributed by atoms with van der Waals surface area (Å²) in [5, 5.41) is 6.65. The van der Waals surface area contributed by atoms with Crippen molar-refractivity contribution in [1.82, 2.24) is 10.6 Å². The lowest BCUT2D eigenvalue weighted by molar-refractivity contribution is 0.242. The Balaban J connectivity index is 0.00000400. The van der Waals surface area contributed by atoms with Gasteiger partial charge < -0.3 is 15.4 Å². The topological polar surface area (TPSA) is 45.7 Å². The molecule has 1 rings (SSSR count). The van der Waals surface area contributed by atoms with E-state index in [0.29, 0.717) is 6.04 Å². The van der Waals surface area contributed by atoms with Gasteiger partial charge in [0.25, 0.3) is 0 Å². The van der Waals surface area contributed by atoms with E-state index in [-0.39, 0.29) is 30.1 Å². The van der Waals surface area contributed by atoms with E-state index in [1.807, 2.05) is 26.0 Å². The number of benzene rings is 1. The Kier molecular flexibility index (Phi) is 10.2. The molecule has 0 aliphatic rings. The van der Waals surface area contributed by atoms with Crippen molar-refractivity contribution in [3.63, 3.8) is 0 Å². The van der Waals surface area contributed by atoms with Crippen LogP contribution in [-0.4, -0.2) is 25.2 Å². The van der Waals surface area contributed by atoms with Gasteiger partial charge in [-0.2, -0.15) is 0 Å². The molecule has 0 bridgehead atoms. The van der Waals surface area contributed by atoms with Crippen molar-refractivity contribution < 1.29 is 4.74 Å². The molecule has 2 N–H and O–H groups in total. The van der Waals surface area contributed by atoms with Crippen LogP contribution in [0.15, 0.2) is 29.3 Å². The molecule has 0 saturated carbocycles. The molecule has 1 atom stereocenters. The van der Waals surface area contributed by atoms with E-state index in [0.717, 1.165) is 24.7 Å². The van der Waals surface area contributed by atoms with Gasteiger partial charge in [0, 0.05) is 19.6 Å². The zero-order valence-corrected chi connectivity index (χ0v) is 16.0. The van der Waals surface area contributed by atoms with Crippen LogP contribution in [0.5, 0.6) is 5.75 Å². The molecule has 1 aromatic rings. The van der Waals surface area contributed by atoms with Gasteiger partial charge in [0.2, 0.25) is 0 Å². The summed E-state index contributed by atoms with van der Waals surface area (Å²) in [6.07, 6.45) is 1.28. The monoisotopic (exact) mass is 405 g/mol. The minimum atomic E-state index is 0. The van der Waals surface area contributed by atoms with Gasteiger partial charge in [-0.15, -0.1) is 24.0 Å². The molecule has 0 aromatic heterocycles. The second kappa shape index (κ2) is 10.7. The smallest absolute Gasteiger partial charge is 0.191 e. The van der Waals surface area contributed by atoms with E-state index in [2.05, 4.69) is 41.6 Å². The van der Waals surface area contributed by atoms with Crippen molar-refractivity contribution in [1.29, 1.82) is 0 Å². The Morgan fingerprint density at radius 1 is 1.19 bits per heavy atom. The first kappa shape index (κ1) is 20.0. The summed E-state index contributed by atoms with van der Waals surface area (Å²) < 4.78 is 5.63. The van der Waals surface area contributed by atoms with Crippen LogP contribution in [0.4, 0.5) is 0 Å². The highest BCUT2D eigenvalue weighted by atomic mass is 127. The molecule has 21 heavy (non-hydrogen) atoms. The van der Waals surface area contributed by atoms with E-state index < -0.39 is 0 Å². The molecule has 0 saturated heterocycles. The maximum Gasteiger partial charge on any atom is 0.191 e. The van der Waals surface area contributed by atoms with Gasteiger partial charge in [-0.3, -0.25) is 4.99 Å². The van der Waals surface area contributed by atoms with Crippen LogP contribution in [0.1, 0.15) is 39.7 Å². The number of hydrogen-bond donors (Lipinski definition) is 2. The quantitative estimate of drug-likeness (QED) is 0.432. The lowest BCUT2D eigenvalue weighted by atomic mass is 10.2. The number of guanidine groups is 1. The molecule has 4 nitrogen and oxygen atoms in total. The first-order valence-electron chi connectivity index (χ1n) is 7.28. The Labute approximate surface area is 145 Å². The van der Waals surface area contributed by atoms with Gasteiger partial charge in [0.05, 0.1) is 6.10 Å². The van der Waals surface area contributed by atoms with Crippen molar-refractivity contribution in [2.75, 3.05) is 7.05 Å². The minimum Gasteiger partial charge on any atom is -0.491 e. The van der Waals surface area contributed by atoms with E-state index in [1.54, 1.807) is 7.05 Å². The Bertz CT molecular complexity index is 418. The van der Waals surface area contributed by atoms with Crippen LogP contribution < -0.4 is 15.4 Å². The first-order valence-corrected chi connectivity index (χ1v) is 7.28. The molecule has 0 heterocycles. The van der Waals surface area contributed by atoms with Crippen molar-refractivity contribution in [3.05, 3.63) is 29.8 Å². The summed E-state index contributed by atoms with van der Waals surface area (Å²) in [6.45, 7) is 9.10. The Morgan fingerprint density at radius 2 is 1.81 bits per heavy atom. The molecule has 0 radical (unpaired) electrons. The standard InChI is InChI=1S/C16H27N3O.HI/c1-6-13(4)19-16(17-5)18-11-14-7-9-15(10-8-14)20-12(2)3;/h7-10,12-13H,6,11H2,1-5H3,(H2,17,18,19);1H. The number of aliphatic imine (C=N–C) groups is 1. The van der Waals surface area contributed by atoms with Gasteiger partial charge in [-0.25, -0.2) is 0 Å². The number of ether oxygens (including phenoxy) is 1. The van der Waals surface area contributed by atoms with Crippen molar-refractivity contribution >= 4 is 29.9 Å². The lowest BCUT2D eigenvalue weighted by Gasteiger charge is -2.16. The van der Waals surface area contributed by atoms with Crippen molar-refractivity contribution in [2.45, 2.75) is 52.8 Å². The number of nitrogens with zero attached hydrogens (tertiary/aromatic N) is 1. The molecule has 0 aliphatic carbocycles. The summed E-state index contributed by atoms with van der Waals surface area (Å²) in [5.41, 5.74) is 1.20. The molecular weight excluding hydrogens is 377 g/mol. The highest BCUT2D eigenvalue weighted by Crippen LogP contribution is 2.13. The molecule has 5 heteroatoms. The van der Waals surface area contributed by atoms with Gasteiger partial charge in [-0.05, 0) is 44.9 Å². The zero-order valence-electron chi connectivity index (χ0n) is 13.6. The number of halogens is 1. The van der Waals surface area contributed by atoms with Crippen molar-refractivity contribution in [3.8, 4) is 5.75 Å². The lowest BCUT2D eigenvalue weighted by Crippen LogP contribution is -2.41. The highest BCUT2D eigenvalue weighted by molar-refractivity contribution is 14.0. The average Bonchev–Trinajstić information content (AvgIpc) is 2.44. The normalized spacial score (nSPS) is 12.6. The van der Waals surface area contributed by atoms with E-state index in [4.69, 9.17) is 4.74 Å². The van der Waals surface area contributed by atoms with Crippen LogP contribution in [0.3, 0.4) is 0 Å². The van der Waals surface area contributed by atoms with Crippen LogP contribution in [0.2, 0.25) is 0 Å². The zero-order chi connectivity index (χ0) is 15.0. The fourth-order valence-electron chi connectivity index (χ4n) is 1.67. The summed E-state index contributed by atoms with van der Waals surface area (Å²) in [5.74, 6) is 1.74. The summed E-state index contributed by atoms with van der Waals surface area (Å²) in [7, 11) is 1.79. The van der Waals surface area contributed by atoms with E-state index in [9.17, 15) is 0 Å². The van der Waals surface area contributed by atoms with E-state index >= 15 is 0 Å². The number of rotatable bonds is 6. The maximum absolute atomic E-state index is 5.63. The number of hydrogen-bond acceptors (Lipinski definition) is 2. The van der Waals surface area contributed by atoms with Gasteiger partial charge in [-0.1, -0.05) is 19.1 Å². The minimum absolute atomic E-state index is 0. The predicted octanol–water partition coefficient (Wildman–Crippen LogP) is 3.56. The van der Waals surface area contributed by atoms with Crippen molar-refractivity contribution in [2.24, 2.45) is 4.99 Å². The molecule has 0 amide bonds. The molecule has 1 aromatic carbocycles. The fraction of sp³-hybridized carbons (Fsp3) is 0.562. The summed E-state index contributed by atoms with van der Waals surface area (Å²) in [6, 6.07) is 8.56. The van der Waals surface area contributed by atoms with Gasteiger partial charge in [0.15, 0.2) is 5.96 Å². The fourth-order valence-corrected chi connectivity index (χ4v) is 1.67. The largest absolute Gasteiger partial charge is 0.491 e. The second-order valence-electron chi connectivity index (χ2n) is 5.19. The molecule has 0 fully saturated rings. The van der Waals surface area contributed by atoms with Crippen LogP contribution >= 0.6 is 24.0 Å². The third-order valence-electron chi connectivity index (χ3n) is 2.97. The highest BCUT2D eigenvalue weighted by Gasteiger charge is 2.03. The summed E-state index contributed by atoms with van der Waals surface area (Å²) >= 11 is 0. The van der Waals surface area contributed by atoms with Crippen LogP contribution in [0.25, 0.3) is 0 Å². The Morgan fingerprint density at radius 3 is 2.29 bits per heavy atom. The van der Waals surface area contributed by atoms with E-state index in [1.165, 1.54) is 5.56 Å². The maximum atomic E-state index is 5.63. The average molecular weight is 405 g/mol. The predicted molar refractivity (Wildman–Crippen MR) is 101 cm³/mol. The second-order valence-corrected chi connectivity index (χ2v) is 5.19.